The van der Waals surface area contributed by atoms with Crippen LogP contribution in [-0.4, -0.2) is 45.7 Å². The normalized spacial score (nSPS) is 19.2. The van der Waals surface area contributed by atoms with Crippen LogP contribution in [0.1, 0.15) is 64.4 Å². The first-order valence-corrected chi connectivity index (χ1v) is 10.3. The van der Waals surface area contributed by atoms with Gasteiger partial charge < -0.3 is 9.80 Å². The molecule has 0 spiro atoms. The quantitative estimate of drug-likeness (QED) is 0.820. The maximum absolute atomic E-state index is 13.0. The lowest BCUT2D eigenvalue weighted by molar-refractivity contribution is 0.0607. The zero-order valence-corrected chi connectivity index (χ0v) is 16.4. The minimum atomic E-state index is -0.0534. The molecule has 4 rings (SSSR count). The van der Waals surface area contributed by atoms with Crippen LogP contribution in [0.5, 0.6) is 0 Å². The molecule has 1 atom stereocenters. The number of pyridine rings is 1. The van der Waals surface area contributed by atoms with Gasteiger partial charge in [-0.1, -0.05) is 31.2 Å². The van der Waals surface area contributed by atoms with Gasteiger partial charge in [0.05, 0.1) is 11.1 Å². The number of amides is 2. The van der Waals surface area contributed by atoms with Gasteiger partial charge in [-0.3, -0.25) is 14.6 Å². The molecule has 0 N–H and O–H groups in total. The van der Waals surface area contributed by atoms with Gasteiger partial charge in [0.2, 0.25) is 0 Å². The second kappa shape index (κ2) is 8.13. The molecule has 1 unspecified atom stereocenters. The number of hydrogen-bond acceptors (Lipinski definition) is 3. The van der Waals surface area contributed by atoms with Crippen molar-refractivity contribution in [3.8, 4) is 0 Å². The molecule has 5 nitrogen and oxygen atoms in total. The Morgan fingerprint density at radius 1 is 1.04 bits per heavy atom. The van der Waals surface area contributed by atoms with Gasteiger partial charge in [0.15, 0.2) is 0 Å². The number of likely N-dealkylation sites (tertiary alicyclic amines) is 1. The molecule has 3 heterocycles. The van der Waals surface area contributed by atoms with Gasteiger partial charge in [-0.15, -0.1) is 0 Å². The first kappa shape index (κ1) is 18.7. The Morgan fingerprint density at radius 2 is 1.79 bits per heavy atom. The molecule has 1 aromatic heterocycles. The van der Waals surface area contributed by atoms with Crippen LogP contribution in [0.2, 0.25) is 0 Å². The lowest BCUT2D eigenvalue weighted by Crippen LogP contribution is -2.43. The fourth-order valence-electron chi connectivity index (χ4n) is 4.38. The maximum atomic E-state index is 13.0. The molecule has 5 heteroatoms. The molecule has 28 heavy (non-hydrogen) atoms. The average molecular weight is 377 g/mol. The topological polar surface area (TPSA) is 53.5 Å². The molecular formula is C23H27N3O2. The summed E-state index contributed by atoms with van der Waals surface area (Å²) in [5.74, 6) is -0.0555. The summed E-state index contributed by atoms with van der Waals surface area (Å²) in [5, 5.41) is 0. The van der Waals surface area contributed by atoms with E-state index in [1.165, 1.54) is 17.5 Å². The van der Waals surface area contributed by atoms with Crippen LogP contribution in [-0.2, 0) is 13.0 Å². The highest BCUT2D eigenvalue weighted by Gasteiger charge is 2.27. The van der Waals surface area contributed by atoms with E-state index >= 15 is 0 Å². The highest BCUT2D eigenvalue weighted by atomic mass is 16.2. The Balaban J connectivity index is 1.52. The SMILES string of the molecule is CCC1CCCCN1C(=O)c1cncc(C(=O)N2CCc3ccccc3C2)c1. The molecular weight excluding hydrogens is 350 g/mol. The highest BCUT2D eigenvalue weighted by Crippen LogP contribution is 2.23. The minimum absolute atomic E-state index is 0.00214. The van der Waals surface area contributed by atoms with Crippen LogP contribution in [0.25, 0.3) is 0 Å². The first-order chi connectivity index (χ1) is 13.7. The molecule has 0 saturated carbocycles. The largest absolute Gasteiger partial charge is 0.336 e. The number of benzene rings is 1. The van der Waals surface area contributed by atoms with E-state index in [-0.39, 0.29) is 11.8 Å². The minimum Gasteiger partial charge on any atom is -0.336 e. The Labute approximate surface area is 166 Å². The van der Waals surface area contributed by atoms with Crippen molar-refractivity contribution >= 4 is 11.8 Å². The van der Waals surface area contributed by atoms with Gasteiger partial charge in [0.1, 0.15) is 0 Å². The van der Waals surface area contributed by atoms with E-state index in [1.54, 1.807) is 18.5 Å². The van der Waals surface area contributed by atoms with Crippen molar-refractivity contribution in [3.05, 3.63) is 65.0 Å². The van der Waals surface area contributed by atoms with E-state index in [0.717, 1.165) is 32.2 Å². The van der Waals surface area contributed by atoms with Crippen molar-refractivity contribution in [1.29, 1.82) is 0 Å². The number of nitrogens with zero attached hydrogens (tertiary/aromatic N) is 3. The van der Waals surface area contributed by atoms with Crippen LogP contribution >= 0.6 is 0 Å². The van der Waals surface area contributed by atoms with Crippen LogP contribution in [0.3, 0.4) is 0 Å². The summed E-state index contributed by atoms with van der Waals surface area (Å²) in [4.78, 5) is 34.1. The smallest absolute Gasteiger partial charge is 0.255 e. The standard InChI is InChI=1S/C23H27N3O2/c1-2-21-9-5-6-11-26(21)23(28)20-13-19(14-24-15-20)22(27)25-12-10-17-7-3-4-8-18(17)16-25/h3-4,7-8,13-15,21H,2,5-6,9-12,16H2,1H3. The van der Waals surface area contributed by atoms with E-state index in [2.05, 4.69) is 24.0 Å². The van der Waals surface area contributed by atoms with Gasteiger partial charge >= 0.3 is 0 Å². The van der Waals surface area contributed by atoms with Gasteiger partial charge in [-0.25, -0.2) is 0 Å². The summed E-state index contributed by atoms with van der Waals surface area (Å²) in [6.45, 7) is 4.22. The van der Waals surface area contributed by atoms with Crippen molar-refractivity contribution in [3.63, 3.8) is 0 Å². The molecule has 1 saturated heterocycles. The monoisotopic (exact) mass is 377 g/mol. The van der Waals surface area contributed by atoms with Crippen LogP contribution in [0, 0.1) is 0 Å². The third-order valence-corrected chi connectivity index (χ3v) is 6.01. The predicted octanol–water partition coefficient (Wildman–Crippen LogP) is 3.68. The molecule has 0 bridgehead atoms. The Kier molecular flexibility index (Phi) is 5.42. The summed E-state index contributed by atoms with van der Waals surface area (Å²) in [7, 11) is 0. The number of aromatic nitrogens is 1. The van der Waals surface area contributed by atoms with Crippen molar-refractivity contribution in [1.82, 2.24) is 14.8 Å². The van der Waals surface area contributed by atoms with Crippen LogP contribution in [0.4, 0.5) is 0 Å². The Hall–Kier alpha value is -2.69. The van der Waals surface area contributed by atoms with E-state index in [1.807, 2.05) is 21.9 Å². The van der Waals surface area contributed by atoms with Gasteiger partial charge in [-0.2, -0.15) is 0 Å². The zero-order chi connectivity index (χ0) is 19.5. The predicted molar refractivity (Wildman–Crippen MR) is 108 cm³/mol. The lowest BCUT2D eigenvalue weighted by Gasteiger charge is -2.35. The van der Waals surface area contributed by atoms with Gasteiger partial charge in [0.25, 0.3) is 11.8 Å². The number of hydrogen-bond donors (Lipinski definition) is 0. The summed E-state index contributed by atoms with van der Waals surface area (Å²) in [6.07, 6.45) is 8.27. The van der Waals surface area contributed by atoms with Gasteiger partial charge in [-0.05, 0) is 49.3 Å². The molecule has 146 valence electrons. The third-order valence-electron chi connectivity index (χ3n) is 6.01. The molecule has 1 aromatic carbocycles. The number of rotatable bonds is 3. The van der Waals surface area contributed by atoms with E-state index < -0.39 is 0 Å². The average Bonchev–Trinajstić information content (AvgIpc) is 2.77. The summed E-state index contributed by atoms with van der Waals surface area (Å²) in [6, 6.07) is 10.3. The van der Waals surface area contributed by atoms with E-state index in [9.17, 15) is 9.59 Å². The molecule has 2 aliphatic rings. The molecule has 2 aliphatic heterocycles. The number of carbonyl (C=O) groups is 2. The maximum Gasteiger partial charge on any atom is 0.255 e. The third kappa shape index (κ3) is 3.66. The molecule has 0 radical (unpaired) electrons. The van der Waals surface area contributed by atoms with Crippen LogP contribution < -0.4 is 0 Å². The summed E-state index contributed by atoms with van der Waals surface area (Å²) in [5.41, 5.74) is 3.52. The Morgan fingerprint density at radius 3 is 2.57 bits per heavy atom. The Bertz CT molecular complexity index is 880. The first-order valence-electron chi connectivity index (χ1n) is 10.3. The molecule has 2 amide bonds. The van der Waals surface area contributed by atoms with E-state index in [0.29, 0.717) is 30.3 Å². The molecule has 2 aromatic rings. The number of carbonyl (C=O) groups excluding carboxylic acids is 2. The fraction of sp³-hybridized carbons (Fsp3) is 0.435. The van der Waals surface area contributed by atoms with Crippen molar-refractivity contribution in [2.75, 3.05) is 13.1 Å². The molecule has 1 fully saturated rings. The summed E-state index contributed by atoms with van der Waals surface area (Å²) >= 11 is 0. The fourth-order valence-corrected chi connectivity index (χ4v) is 4.38. The van der Waals surface area contributed by atoms with Crippen molar-refractivity contribution in [2.24, 2.45) is 0 Å². The lowest BCUT2D eigenvalue weighted by atomic mass is 9.98. The summed E-state index contributed by atoms with van der Waals surface area (Å²) < 4.78 is 0. The van der Waals surface area contributed by atoms with E-state index in [4.69, 9.17) is 0 Å². The molecule has 0 aliphatic carbocycles. The highest BCUT2D eigenvalue weighted by molar-refractivity contribution is 5.99. The van der Waals surface area contributed by atoms with Gasteiger partial charge in [0, 0.05) is 38.1 Å². The van der Waals surface area contributed by atoms with Crippen molar-refractivity contribution < 1.29 is 9.59 Å². The second-order valence-corrected chi connectivity index (χ2v) is 7.76. The number of fused-ring (bicyclic) bond motifs is 1. The zero-order valence-electron chi connectivity index (χ0n) is 16.4. The van der Waals surface area contributed by atoms with Crippen molar-refractivity contribution in [2.45, 2.75) is 51.6 Å². The second-order valence-electron chi connectivity index (χ2n) is 7.76. The van der Waals surface area contributed by atoms with Crippen LogP contribution in [0.15, 0.2) is 42.7 Å². The number of piperidine rings is 1.